The van der Waals surface area contributed by atoms with Crippen LogP contribution in [-0.2, 0) is 14.8 Å². The second kappa shape index (κ2) is 7.12. The van der Waals surface area contributed by atoms with E-state index in [1.54, 1.807) is 17.4 Å². The number of hydrogen-bond acceptors (Lipinski definition) is 6. The van der Waals surface area contributed by atoms with Gasteiger partial charge in [-0.15, -0.1) is 0 Å². The van der Waals surface area contributed by atoms with E-state index in [0.717, 1.165) is 5.56 Å². The van der Waals surface area contributed by atoms with Gasteiger partial charge in [0.15, 0.2) is 6.61 Å². The molecule has 1 aliphatic rings. The van der Waals surface area contributed by atoms with Crippen LogP contribution >= 0.6 is 11.3 Å². The molecule has 1 amide bonds. The van der Waals surface area contributed by atoms with Crippen LogP contribution in [0.3, 0.4) is 0 Å². The summed E-state index contributed by atoms with van der Waals surface area (Å²) < 4.78 is 33.1. The molecular weight excluding hydrogens is 362 g/mol. The Morgan fingerprint density at radius 1 is 1.36 bits per heavy atom. The fourth-order valence-corrected chi connectivity index (χ4v) is 4.34. The summed E-state index contributed by atoms with van der Waals surface area (Å²) in [4.78, 5) is 13.4. The number of carbonyl (C=O) groups is 1. The number of likely N-dealkylation sites (N-methyl/N-ethyl adjacent to an activating group) is 1. The highest BCUT2D eigenvalue weighted by Gasteiger charge is 2.23. The molecule has 0 spiro atoms. The van der Waals surface area contributed by atoms with Gasteiger partial charge in [-0.05, 0) is 54.7 Å². The molecule has 0 saturated carbocycles. The van der Waals surface area contributed by atoms with Gasteiger partial charge in [0.1, 0.15) is 5.75 Å². The molecule has 2 N–H and O–H groups in total. The first-order chi connectivity index (χ1) is 11.9. The predicted octanol–water partition coefficient (Wildman–Crippen LogP) is 1.66. The number of thiophene rings is 1. The number of benzene rings is 1. The Balaban J connectivity index is 1.78. The van der Waals surface area contributed by atoms with E-state index in [2.05, 4.69) is 10.0 Å². The van der Waals surface area contributed by atoms with Gasteiger partial charge in [0.25, 0.3) is 5.91 Å². The zero-order valence-corrected chi connectivity index (χ0v) is 15.5. The van der Waals surface area contributed by atoms with E-state index < -0.39 is 10.0 Å². The van der Waals surface area contributed by atoms with Crippen molar-refractivity contribution in [2.24, 2.45) is 0 Å². The van der Waals surface area contributed by atoms with Crippen LogP contribution in [0, 0.1) is 0 Å². The topological polar surface area (TPSA) is 87.7 Å². The van der Waals surface area contributed by atoms with E-state index in [1.165, 1.54) is 12.1 Å². The monoisotopic (exact) mass is 381 g/mol. The first-order valence-corrected chi connectivity index (χ1v) is 10.0. The number of anilines is 1. The number of fused-ring (bicyclic) bond motifs is 1. The lowest BCUT2D eigenvalue weighted by Crippen LogP contribution is -2.34. The highest BCUT2D eigenvalue weighted by molar-refractivity contribution is 7.89. The predicted molar refractivity (Wildman–Crippen MR) is 96.5 cm³/mol. The number of ether oxygens (including phenoxy) is 1. The molecule has 7 nitrogen and oxygen atoms in total. The largest absolute Gasteiger partial charge is 0.482 e. The first-order valence-electron chi connectivity index (χ1n) is 7.62. The number of amides is 1. The molecule has 134 valence electrons. The van der Waals surface area contributed by atoms with Crippen LogP contribution in [-0.4, -0.2) is 46.5 Å². The smallest absolute Gasteiger partial charge is 0.262 e. The Morgan fingerprint density at radius 3 is 2.84 bits per heavy atom. The van der Waals surface area contributed by atoms with E-state index in [1.807, 2.05) is 35.8 Å². The van der Waals surface area contributed by atoms with Gasteiger partial charge in [0.05, 0.1) is 10.6 Å². The second-order valence-electron chi connectivity index (χ2n) is 5.88. The molecule has 1 aromatic heterocycles. The van der Waals surface area contributed by atoms with E-state index in [0.29, 0.717) is 11.4 Å². The molecule has 0 saturated heterocycles. The van der Waals surface area contributed by atoms with Crippen molar-refractivity contribution in [1.29, 1.82) is 0 Å². The fraction of sp³-hybridized carbons (Fsp3) is 0.312. The Labute approximate surface area is 150 Å². The second-order valence-corrected chi connectivity index (χ2v) is 8.43. The third-order valence-electron chi connectivity index (χ3n) is 3.91. The van der Waals surface area contributed by atoms with E-state index in [-0.39, 0.29) is 30.0 Å². The minimum absolute atomic E-state index is 0.0670. The minimum Gasteiger partial charge on any atom is -0.482 e. The quantitative estimate of drug-likeness (QED) is 0.795. The van der Waals surface area contributed by atoms with Crippen LogP contribution in [0.4, 0.5) is 5.69 Å². The fourth-order valence-electron chi connectivity index (χ4n) is 2.56. The summed E-state index contributed by atoms with van der Waals surface area (Å²) >= 11 is 1.57. The van der Waals surface area contributed by atoms with Gasteiger partial charge < -0.3 is 15.0 Å². The summed E-state index contributed by atoms with van der Waals surface area (Å²) in [6.45, 7) is 0.175. The SMILES string of the molecule is CN(C)C(CNS(=O)(=O)c1ccc2c(c1)NC(=O)CO2)c1ccsc1. The summed E-state index contributed by atoms with van der Waals surface area (Å²) in [7, 11) is 0.0993. The molecule has 1 aliphatic heterocycles. The van der Waals surface area contributed by atoms with Gasteiger partial charge >= 0.3 is 0 Å². The van der Waals surface area contributed by atoms with Crippen molar-refractivity contribution in [3.63, 3.8) is 0 Å². The Hall–Kier alpha value is -1.94. The summed E-state index contributed by atoms with van der Waals surface area (Å²) in [5.74, 6) is 0.156. The lowest BCUT2D eigenvalue weighted by atomic mass is 10.1. The summed E-state index contributed by atoms with van der Waals surface area (Å²) in [6, 6.07) is 6.33. The van der Waals surface area contributed by atoms with Gasteiger partial charge in [0, 0.05) is 12.6 Å². The Morgan fingerprint density at radius 2 is 2.16 bits per heavy atom. The molecule has 9 heteroatoms. The maximum atomic E-state index is 12.6. The Bertz CT molecular complexity index is 864. The summed E-state index contributed by atoms with van der Waals surface area (Å²) in [6.07, 6.45) is 0. The normalized spacial score (nSPS) is 15.4. The van der Waals surface area contributed by atoms with E-state index in [4.69, 9.17) is 4.74 Å². The third kappa shape index (κ3) is 4.01. The highest BCUT2D eigenvalue weighted by atomic mass is 32.2. The zero-order valence-electron chi connectivity index (χ0n) is 13.9. The standard InChI is InChI=1S/C16H19N3O4S2/c1-19(2)14(11-5-6-24-10-11)8-17-25(21,22)12-3-4-15-13(7-12)18-16(20)9-23-15/h3-7,10,14,17H,8-9H2,1-2H3,(H,18,20). The number of hydrogen-bond donors (Lipinski definition) is 2. The van der Waals surface area contributed by atoms with Crippen molar-refractivity contribution in [1.82, 2.24) is 9.62 Å². The number of carbonyl (C=O) groups excluding carboxylic acids is 1. The van der Waals surface area contributed by atoms with Gasteiger partial charge in [-0.3, -0.25) is 4.79 Å². The molecule has 1 atom stereocenters. The van der Waals surface area contributed by atoms with Crippen molar-refractivity contribution < 1.29 is 17.9 Å². The molecule has 0 aliphatic carbocycles. The summed E-state index contributed by atoms with van der Waals surface area (Å²) in [5.41, 5.74) is 1.42. The van der Waals surface area contributed by atoms with Crippen LogP contribution < -0.4 is 14.8 Å². The molecule has 0 bridgehead atoms. The van der Waals surface area contributed by atoms with Crippen molar-refractivity contribution in [3.05, 3.63) is 40.6 Å². The minimum atomic E-state index is -3.71. The zero-order chi connectivity index (χ0) is 18.0. The van der Waals surface area contributed by atoms with E-state index >= 15 is 0 Å². The number of nitrogens with zero attached hydrogens (tertiary/aromatic N) is 1. The van der Waals surface area contributed by atoms with Gasteiger partial charge in [0.2, 0.25) is 10.0 Å². The van der Waals surface area contributed by atoms with Crippen LogP contribution in [0.1, 0.15) is 11.6 Å². The number of nitrogens with one attached hydrogen (secondary N) is 2. The van der Waals surface area contributed by atoms with Crippen molar-refractivity contribution in [2.75, 3.05) is 32.6 Å². The lowest BCUT2D eigenvalue weighted by Gasteiger charge is -2.24. The van der Waals surface area contributed by atoms with Gasteiger partial charge in [-0.1, -0.05) is 0 Å². The third-order valence-corrected chi connectivity index (χ3v) is 6.03. The van der Waals surface area contributed by atoms with Crippen molar-refractivity contribution >= 4 is 33.0 Å². The average Bonchev–Trinajstić information content (AvgIpc) is 3.08. The van der Waals surface area contributed by atoms with Crippen LogP contribution in [0.15, 0.2) is 39.9 Å². The molecule has 25 heavy (non-hydrogen) atoms. The molecule has 2 aromatic rings. The van der Waals surface area contributed by atoms with Crippen molar-refractivity contribution in [3.8, 4) is 5.75 Å². The van der Waals surface area contributed by atoms with E-state index in [9.17, 15) is 13.2 Å². The first kappa shape index (κ1) is 17.9. The Kier molecular flexibility index (Phi) is 5.09. The lowest BCUT2D eigenvalue weighted by molar-refractivity contribution is -0.118. The molecule has 2 heterocycles. The number of sulfonamides is 1. The molecule has 1 aromatic carbocycles. The molecule has 3 rings (SSSR count). The molecule has 0 radical (unpaired) electrons. The maximum absolute atomic E-state index is 12.6. The summed E-state index contributed by atoms with van der Waals surface area (Å²) in [5, 5.41) is 6.58. The number of rotatable bonds is 6. The van der Waals surface area contributed by atoms with Crippen LogP contribution in [0.25, 0.3) is 0 Å². The molecular formula is C16H19N3O4S2. The molecule has 1 unspecified atom stereocenters. The van der Waals surface area contributed by atoms with Crippen molar-refractivity contribution in [2.45, 2.75) is 10.9 Å². The average molecular weight is 381 g/mol. The van der Waals surface area contributed by atoms with Crippen LogP contribution in [0.5, 0.6) is 5.75 Å². The van der Waals surface area contributed by atoms with Gasteiger partial charge in [-0.25, -0.2) is 13.1 Å². The highest BCUT2D eigenvalue weighted by Crippen LogP contribution is 2.30. The van der Waals surface area contributed by atoms with Crippen LogP contribution in [0.2, 0.25) is 0 Å². The van der Waals surface area contributed by atoms with Gasteiger partial charge in [-0.2, -0.15) is 11.3 Å². The molecule has 0 fully saturated rings. The maximum Gasteiger partial charge on any atom is 0.262 e.